The van der Waals surface area contributed by atoms with Gasteiger partial charge in [0.05, 0.1) is 13.2 Å². The van der Waals surface area contributed by atoms with E-state index in [9.17, 15) is 4.79 Å². The molecule has 102 valence electrons. The van der Waals surface area contributed by atoms with Crippen LogP contribution in [0.15, 0.2) is 18.2 Å². The second kappa shape index (κ2) is 5.59. The highest BCUT2D eigenvalue weighted by molar-refractivity contribution is 5.93. The Labute approximate surface area is 112 Å². The molecule has 2 aliphatic heterocycles. The van der Waals surface area contributed by atoms with E-state index in [1.165, 1.54) is 0 Å². The van der Waals surface area contributed by atoms with E-state index in [0.29, 0.717) is 13.2 Å². The number of amides is 1. The number of nitrogens with zero attached hydrogens (tertiary/aromatic N) is 1. The fourth-order valence-electron chi connectivity index (χ4n) is 2.35. The number of anilines is 1. The second-order valence-electron chi connectivity index (χ2n) is 4.87. The van der Waals surface area contributed by atoms with Gasteiger partial charge in [-0.2, -0.15) is 0 Å². The first kappa shape index (κ1) is 12.4. The Morgan fingerprint density at radius 2 is 2.11 bits per heavy atom. The number of carbonyl (C=O) groups is 1. The van der Waals surface area contributed by atoms with Gasteiger partial charge in [0.25, 0.3) is 0 Å². The van der Waals surface area contributed by atoms with E-state index in [2.05, 4.69) is 10.2 Å². The van der Waals surface area contributed by atoms with Gasteiger partial charge < -0.3 is 14.8 Å². The molecule has 0 saturated carbocycles. The summed E-state index contributed by atoms with van der Waals surface area (Å²) >= 11 is 0. The molecule has 0 aromatic heterocycles. The number of hydrogen-bond acceptors (Lipinski definition) is 4. The summed E-state index contributed by atoms with van der Waals surface area (Å²) in [6, 6.07) is 5.85. The monoisotopic (exact) mass is 262 g/mol. The van der Waals surface area contributed by atoms with Gasteiger partial charge in [-0.25, -0.2) is 0 Å². The SMILES string of the molecule is O=C1CCc2cc(OCN3CCOCC3)ccc2N1. The van der Waals surface area contributed by atoms with Gasteiger partial charge >= 0.3 is 0 Å². The Morgan fingerprint density at radius 1 is 1.26 bits per heavy atom. The molecule has 0 atom stereocenters. The van der Waals surface area contributed by atoms with Crippen LogP contribution >= 0.6 is 0 Å². The quantitative estimate of drug-likeness (QED) is 0.890. The highest BCUT2D eigenvalue weighted by Gasteiger charge is 2.15. The average molecular weight is 262 g/mol. The third-order valence-corrected chi connectivity index (χ3v) is 3.49. The van der Waals surface area contributed by atoms with Crippen LogP contribution in [0.2, 0.25) is 0 Å². The average Bonchev–Trinajstić information content (AvgIpc) is 2.46. The van der Waals surface area contributed by atoms with Crippen LogP contribution in [0, 0.1) is 0 Å². The van der Waals surface area contributed by atoms with Gasteiger partial charge in [-0.05, 0) is 30.2 Å². The maximum atomic E-state index is 11.3. The first-order valence-electron chi connectivity index (χ1n) is 6.67. The number of ether oxygens (including phenoxy) is 2. The van der Waals surface area contributed by atoms with Gasteiger partial charge in [-0.1, -0.05) is 0 Å². The van der Waals surface area contributed by atoms with Gasteiger partial charge in [0.15, 0.2) is 0 Å². The molecule has 1 saturated heterocycles. The van der Waals surface area contributed by atoms with Crippen molar-refractivity contribution in [3.8, 4) is 5.75 Å². The van der Waals surface area contributed by atoms with Gasteiger partial charge in [-0.3, -0.25) is 9.69 Å². The number of benzene rings is 1. The van der Waals surface area contributed by atoms with Gasteiger partial charge in [-0.15, -0.1) is 0 Å². The molecule has 5 nitrogen and oxygen atoms in total. The molecular weight excluding hydrogens is 244 g/mol. The molecule has 3 rings (SSSR count). The van der Waals surface area contributed by atoms with Crippen molar-refractivity contribution in [1.82, 2.24) is 4.90 Å². The lowest BCUT2D eigenvalue weighted by Crippen LogP contribution is -2.38. The van der Waals surface area contributed by atoms with Crippen LogP contribution in [0.25, 0.3) is 0 Å². The number of hydrogen-bond donors (Lipinski definition) is 1. The lowest BCUT2D eigenvalue weighted by atomic mass is 10.0. The molecule has 0 radical (unpaired) electrons. The number of carbonyl (C=O) groups excluding carboxylic acids is 1. The van der Waals surface area contributed by atoms with Crippen molar-refractivity contribution in [2.24, 2.45) is 0 Å². The van der Waals surface area contributed by atoms with Crippen LogP contribution in [0.5, 0.6) is 5.75 Å². The van der Waals surface area contributed by atoms with Crippen LogP contribution < -0.4 is 10.1 Å². The number of morpholine rings is 1. The van der Waals surface area contributed by atoms with Crippen molar-refractivity contribution >= 4 is 11.6 Å². The highest BCUT2D eigenvalue weighted by atomic mass is 16.5. The lowest BCUT2D eigenvalue weighted by Gasteiger charge is -2.26. The van der Waals surface area contributed by atoms with E-state index >= 15 is 0 Å². The maximum Gasteiger partial charge on any atom is 0.224 e. The zero-order chi connectivity index (χ0) is 13.1. The Hall–Kier alpha value is -1.59. The molecular formula is C14H18N2O3. The second-order valence-corrected chi connectivity index (χ2v) is 4.87. The lowest BCUT2D eigenvalue weighted by molar-refractivity contribution is -0.116. The van der Waals surface area contributed by atoms with Crippen molar-refractivity contribution in [3.63, 3.8) is 0 Å². The van der Waals surface area contributed by atoms with Crippen molar-refractivity contribution in [2.45, 2.75) is 12.8 Å². The standard InChI is InChI=1S/C14H18N2O3/c17-14-4-1-11-9-12(2-3-13(11)15-14)19-10-16-5-7-18-8-6-16/h2-3,9H,1,4-8,10H2,(H,15,17). The highest BCUT2D eigenvalue weighted by Crippen LogP contribution is 2.26. The summed E-state index contributed by atoms with van der Waals surface area (Å²) in [5.74, 6) is 0.955. The van der Waals surface area contributed by atoms with Crippen molar-refractivity contribution in [1.29, 1.82) is 0 Å². The van der Waals surface area contributed by atoms with Gasteiger partial charge in [0, 0.05) is 25.2 Å². The fourth-order valence-corrected chi connectivity index (χ4v) is 2.35. The molecule has 19 heavy (non-hydrogen) atoms. The van der Waals surface area contributed by atoms with E-state index < -0.39 is 0 Å². The largest absolute Gasteiger partial charge is 0.478 e. The molecule has 1 aromatic carbocycles. The zero-order valence-corrected chi connectivity index (χ0v) is 10.9. The summed E-state index contributed by atoms with van der Waals surface area (Å²) in [6.07, 6.45) is 1.34. The topological polar surface area (TPSA) is 50.8 Å². The first-order chi connectivity index (χ1) is 9.31. The van der Waals surface area contributed by atoms with Crippen LogP contribution in [0.4, 0.5) is 5.69 Å². The predicted octanol–water partition coefficient (Wildman–Crippen LogP) is 1.24. The number of aryl methyl sites for hydroxylation is 1. The first-order valence-corrected chi connectivity index (χ1v) is 6.67. The van der Waals surface area contributed by atoms with Crippen LogP contribution in [-0.4, -0.2) is 43.8 Å². The smallest absolute Gasteiger partial charge is 0.224 e. The van der Waals surface area contributed by atoms with E-state index in [1.54, 1.807) is 0 Å². The van der Waals surface area contributed by atoms with E-state index in [1.807, 2.05) is 18.2 Å². The normalized spacial score (nSPS) is 19.7. The predicted molar refractivity (Wildman–Crippen MR) is 71.3 cm³/mol. The number of nitrogens with one attached hydrogen (secondary N) is 1. The van der Waals surface area contributed by atoms with E-state index in [0.717, 1.165) is 49.7 Å². The van der Waals surface area contributed by atoms with E-state index in [-0.39, 0.29) is 5.91 Å². The maximum absolute atomic E-state index is 11.3. The molecule has 1 N–H and O–H groups in total. The summed E-state index contributed by atoms with van der Waals surface area (Å²) in [6.45, 7) is 3.98. The minimum absolute atomic E-state index is 0.0921. The summed E-state index contributed by atoms with van der Waals surface area (Å²) in [7, 11) is 0. The molecule has 1 fully saturated rings. The molecule has 0 bridgehead atoms. The molecule has 1 amide bonds. The molecule has 1 aromatic rings. The third-order valence-electron chi connectivity index (χ3n) is 3.49. The Bertz CT molecular complexity index is 470. The molecule has 0 spiro atoms. The molecule has 2 aliphatic rings. The van der Waals surface area contributed by atoms with Crippen molar-refractivity contribution in [2.75, 3.05) is 38.4 Å². The van der Waals surface area contributed by atoms with Crippen LogP contribution in [0.1, 0.15) is 12.0 Å². The van der Waals surface area contributed by atoms with E-state index in [4.69, 9.17) is 9.47 Å². The fraction of sp³-hybridized carbons (Fsp3) is 0.500. The molecule has 0 unspecified atom stereocenters. The minimum atomic E-state index is 0.0921. The number of fused-ring (bicyclic) bond motifs is 1. The van der Waals surface area contributed by atoms with Crippen LogP contribution in [0.3, 0.4) is 0 Å². The third kappa shape index (κ3) is 3.05. The Morgan fingerprint density at radius 3 is 2.95 bits per heavy atom. The van der Waals surface area contributed by atoms with Crippen molar-refractivity contribution < 1.29 is 14.3 Å². The summed E-state index contributed by atoms with van der Waals surface area (Å²) in [5.41, 5.74) is 2.06. The van der Waals surface area contributed by atoms with Gasteiger partial charge in [0.2, 0.25) is 5.91 Å². The molecule has 2 heterocycles. The molecule has 0 aliphatic carbocycles. The number of rotatable bonds is 3. The zero-order valence-electron chi connectivity index (χ0n) is 10.9. The summed E-state index contributed by atoms with van der Waals surface area (Å²) in [5, 5.41) is 2.87. The Kier molecular flexibility index (Phi) is 3.66. The summed E-state index contributed by atoms with van der Waals surface area (Å²) < 4.78 is 11.1. The minimum Gasteiger partial charge on any atom is -0.478 e. The Balaban J connectivity index is 1.60. The van der Waals surface area contributed by atoms with Crippen molar-refractivity contribution in [3.05, 3.63) is 23.8 Å². The van der Waals surface area contributed by atoms with Crippen LogP contribution in [-0.2, 0) is 16.0 Å². The molecule has 5 heteroatoms. The summed E-state index contributed by atoms with van der Waals surface area (Å²) in [4.78, 5) is 13.5. The van der Waals surface area contributed by atoms with Gasteiger partial charge in [0.1, 0.15) is 12.5 Å².